The Balaban J connectivity index is 1.83. The number of carbonyl (C=O) groups excluding carboxylic acids is 1. The molecule has 0 atom stereocenters. The third-order valence-corrected chi connectivity index (χ3v) is 4.88. The number of fused-ring (bicyclic) bond motifs is 3. The molecule has 1 aliphatic heterocycles. The molecule has 150 valence electrons. The first-order chi connectivity index (χ1) is 13.8. The fourth-order valence-corrected chi connectivity index (χ4v) is 3.38. The lowest BCUT2D eigenvalue weighted by molar-refractivity contribution is 0.0937. The van der Waals surface area contributed by atoms with E-state index in [1.807, 2.05) is 18.2 Å². The van der Waals surface area contributed by atoms with Crippen molar-refractivity contribution in [3.8, 4) is 5.75 Å². The van der Waals surface area contributed by atoms with Crippen LogP contribution in [-0.2, 0) is 17.7 Å². The number of benzene rings is 2. The number of rotatable bonds is 4. The molecule has 0 aromatic heterocycles. The van der Waals surface area contributed by atoms with Crippen LogP contribution in [0.25, 0.3) is 0 Å². The minimum Gasteiger partial charge on any atom is -0.493 e. The highest BCUT2D eigenvalue weighted by Crippen LogP contribution is 2.24. The van der Waals surface area contributed by atoms with Crippen LogP contribution >= 0.6 is 0 Å². The van der Waals surface area contributed by atoms with Crippen molar-refractivity contribution in [1.82, 2.24) is 10.6 Å². The van der Waals surface area contributed by atoms with Gasteiger partial charge in [-0.3, -0.25) is 4.79 Å². The van der Waals surface area contributed by atoms with Crippen LogP contribution in [0.2, 0.25) is 0 Å². The van der Waals surface area contributed by atoms with E-state index in [-0.39, 0.29) is 5.91 Å². The molecule has 0 fully saturated rings. The molecule has 0 saturated carbocycles. The highest BCUT2D eigenvalue weighted by atomic mass is 16.5. The molecule has 2 bridgehead atoms. The van der Waals surface area contributed by atoms with Gasteiger partial charge in [-0.05, 0) is 60.7 Å². The third kappa shape index (κ3) is 6.08. The van der Waals surface area contributed by atoms with Crippen LogP contribution in [0.3, 0.4) is 0 Å². The molecule has 1 heterocycles. The first-order valence-corrected chi connectivity index (χ1v) is 10.1. The molecular weight excluding hydrogens is 352 g/mol. The summed E-state index contributed by atoms with van der Waals surface area (Å²) in [5.41, 5.74) is 4.20. The van der Waals surface area contributed by atoms with Gasteiger partial charge < -0.3 is 20.1 Å². The highest BCUT2D eigenvalue weighted by molar-refractivity contribution is 5.94. The van der Waals surface area contributed by atoms with Gasteiger partial charge in [-0.2, -0.15) is 0 Å². The fraction of sp³-hybridized carbons (Fsp3) is 0.435. The maximum absolute atomic E-state index is 12.4. The summed E-state index contributed by atoms with van der Waals surface area (Å²) in [5.74, 6) is 0.784. The second-order valence-electron chi connectivity index (χ2n) is 7.15. The first kappa shape index (κ1) is 20.4. The van der Waals surface area contributed by atoms with E-state index in [0.29, 0.717) is 25.3 Å². The summed E-state index contributed by atoms with van der Waals surface area (Å²) in [6.07, 6.45) is 4.06. The van der Waals surface area contributed by atoms with Crippen molar-refractivity contribution in [3.05, 3.63) is 64.7 Å². The lowest BCUT2D eigenvalue weighted by Crippen LogP contribution is -2.27. The number of hydrogen-bond acceptors (Lipinski definition) is 4. The number of carbonyl (C=O) groups is 1. The van der Waals surface area contributed by atoms with E-state index in [2.05, 4.69) is 34.9 Å². The number of nitrogens with one attached hydrogen (secondary N) is 2. The quantitative estimate of drug-likeness (QED) is 0.797. The fourth-order valence-electron chi connectivity index (χ4n) is 3.38. The van der Waals surface area contributed by atoms with Gasteiger partial charge >= 0.3 is 0 Å². The Bertz CT molecular complexity index is 776. The number of amides is 1. The van der Waals surface area contributed by atoms with Crippen molar-refractivity contribution in [2.75, 3.05) is 33.4 Å². The van der Waals surface area contributed by atoms with Crippen LogP contribution in [0.15, 0.2) is 42.5 Å². The number of methoxy groups -OCH3 is 1. The first-order valence-electron chi connectivity index (χ1n) is 10.1. The van der Waals surface area contributed by atoms with Gasteiger partial charge in [0, 0.05) is 32.2 Å². The van der Waals surface area contributed by atoms with Crippen LogP contribution in [0.1, 0.15) is 46.3 Å². The van der Waals surface area contributed by atoms with Crippen molar-refractivity contribution in [3.63, 3.8) is 0 Å². The lowest BCUT2D eigenvalue weighted by Gasteiger charge is -2.15. The molecule has 0 radical (unpaired) electrons. The Morgan fingerprint density at radius 1 is 1.14 bits per heavy atom. The zero-order valence-corrected chi connectivity index (χ0v) is 16.6. The SMILES string of the molecule is COCCNC(=O)c1ccc2c(c1)Cc1cccc(c1)CNCCCCCO2. The summed E-state index contributed by atoms with van der Waals surface area (Å²) < 4.78 is 11.1. The van der Waals surface area contributed by atoms with E-state index >= 15 is 0 Å². The van der Waals surface area contributed by atoms with Crippen molar-refractivity contribution in [1.29, 1.82) is 0 Å². The minimum atomic E-state index is -0.0859. The van der Waals surface area contributed by atoms with Gasteiger partial charge in [-0.25, -0.2) is 0 Å². The van der Waals surface area contributed by atoms with Crippen LogP contribution in [0, 0.1) is 0 Å². The Labute approximate surface area is 167 Å². The predicted molar refractivity (Wildman–Crippen MR) is 111 cm³/mol. The van der Waals surface area contributed by atoms with Gasteiger partial charge in [0.05, 0.1) is 13.2 Å². The molecule has 2 aromatic rings. The molecule has 0 unspecified atom stereocenters. The van der Waals surface area contributed by atoms with Crippen LogP contribution in [0.4, 0.5) is 0 Å². The summed E-state index contributed by atoms with van der Waals surface area (Å²) >= 11 is 0. The Morgan fingerprint density at radius 3 is 2.93 bits per heavy atom. The second-order valence-corrected chi connectivity index (χ2v) is 7.15. The van der Waals surface area contributed by atoms with Crippen molar-refractivity contribution in [2.24, 2.45) is 0 Å². The topological polar surface area (TPSA) is 59.6 Å². The van der Waals surface area contributed by atoms with E-state index in [1.165, 1.54) is 11.1 Å². The smallest absolute Gasteiger partial charge is 0.251 e. The maximum Gasteiger partial charge on any atom is 0.251 e. The second kappa shape index (κ2) is 10.8. The van der Waals surface area contributed by atoms with Gasteiger partial charge in [0.25, 0.3) is 5.91 Å². The monoisotopic (exact) mass is 382 g/mol. The Kier molecular flexibility index (Phi) is 7.88. The van der Waals surface area contributed by atoms with Crippen LogP contribution < -0.4 is 15.4 Å². The third-order valence-electron chi connectivity index (χ3n) is 4.88. The summed E-state index contributed by atoms with van der Waals surface area (Å²) in [4.78, 5) is 12.4. The average molecular weight is 383 g/mol. The Hall–Kier alpha value is -2.37. The molecule has 2 N–H and O–H groups in total. The number of ether oxygens (including phenoxy) is 2. The molecule has 28 heavy (non-hydrogen) atoms. The van der Waals surface area contributed by atoms with Crippen LogP contribution in [-0.4, -0.2) is 39.3 Å². The zero-order valence-electron chi connectivity index (χ0n) is 16.6. The van der Waals surface area contributed by atoms with Crippen LogP contribution in [0.5, 0.6) is 5.75 Å². The average Bonchev–Trinajstić information content (AvgIpc) is 2.70. The minimum absolute atomic E-state index is 0.0859. The molecule has 1 amide bonds. The standard InChI is InChI=1S/C23H30N2O3/c1-27-13-11-25-23(26)20-8-9-22-21(16-20)15-18-6-5-7-19(14-18)17-24-10-3-2-4-12-28-22/h5-9,14,16,24H,2-4,10-13,15,17H2,1H3,(H,25,26). The van der Waals surface area contributed by atoms with Gasteiger partial charge in [-0.1, -0.05) is 24.3 Å². The van der Waals surface area contributed by atoms with E-state index in [1.54, 1.807) is 7.11 Å². The highest BCUT2D eigenvalue weighted by Gasteiger charge is 2.12. The predicted octanol–water partition coefficient (Wildman–Crippen LogP) is 3.31. The van der Waals surface area contributed by atoms with E-state index < -0.39 is 0 Å². The molecule has 5 heteroatoms. The molecular formula is C23H30N2O3. The van der Waals surface area contributed by atoms with E-state index in [4.69, 9.17) is 9.47 Å². The van der Waals surface area contributed by atoms with E-state index in [9.17, 15) is 4.79 Å². The molecule has 0 aliphatic carbocycles. The summed E-state index contributed by atoms with van der Waals surface area (Å²) in [7, 11) is 1.62. The summed E-state index contributed by atoms with van der Waals surface area (Å²) in [6.45, 7) is 3.62. The maximum atomic E-state index is 12.4. The van der Waals surface area contributed by atoms with Crippen molar-refractivity contribution in [2.45, 2.75) is 32.2 Å². The zero-order chi connectivity index (χ0) is 19.6. The molecule has 0 saturated heterocycles. The normalized spacial score (nSPS) is 15.0. The molecule has 0 spiro atoms. The molecule has 5 nitrogen and oxygen atoms in total. The van der Waals surface area contributed by atoms with Gasteiger partial charge in [0.2, 0.25) is 0 Å². The van der Waals surface area contributed by atoms with E-state index in [0.717, 1.165) is 50.1 Å². The number of hydrogen-bond donors (Lipinski definition) is 2. The van der Waals surface area contributed by atoms with Crippen molar-refractivity contribution >= 4 is 5.91 Å². The largest absolute Gasteiger partial charge is 0.493 e. The molecule has 2 aromatic carbocycles. The molecule has 1 aliphatic rings. The lowest BCUT2D eigenvalue weighted by atomic mass is 9.99. The van der Waals surface area contributed by atoms with Gasteiger partial charge in [-0.15, -0.1) is 0 Å². The van der Waals surface area contributed by atoms with Gasteiger partial charge in [0.1, 0.15) is 5.75 Å². The van der Waals surface area contributed by atoms with Crippen molar-refractivity contribution < 1.29 is 14.3 Å². The summed E-state index contributed by atoms with van der Waals surface area (Å²) in [5, 5.41) is 6.39. The Morgan fingerprint density at radius 2 is 2.04 bits per heavy atom. The summed E-state index contributed by atoms with van der Waals surface area (Å²) in [6, 6.07) is 14.3. The molecule has 3 rings (SSSR count). The van der Waals surface area contributed by atoms with Gasteiger partial charge in [0.15, 0.2) is 0 Å².